The van der Waals surface area contributed by atoms with Gasteiger partial charge in [0, 0.05) is 25.2 Å². The van der Waals surface area contributed by atoms with Crippen molar-refractivity contribution in [2.75, 3.05) is 26.2 Å². The van der Waals surface area contributed by atoms with Crippen LogP contribution in [0.4, 0.5) is 27.6 Å². The van der Waals surface area contributed by atoms with Crippen molar-refractivity contribution in [3.05, 3.63) is 143 Å². The fourth-order valence-corrected chi connectivity index (χ4v) is 11.9. The lowest BCUT2D eigenvalue weighted by atomic mass is 9.85. The molecule has 8 N–H and O–H groups in total. The molecule has 0 aromatic heterocycles. The maximum absolute atomic E-state index is 14.2. The number of benzene rings is 4. The number of nitrogens with zero attached hydrogens (tertiary/aromatic N) is 2. The number of halogens is 3. The molecule has 0 radical (unpaired) electrons. The summed E-state index contributed by atoms with van der Waals surface area (Å²) in [6.07, 6.45) is -2.50. The van der Waals surface area contributed by atoms with Crippen LogP contribution in [0, 0.1) is 10.8 Å². The zero-order valence-corrected chi connectivity index (χ0v) is 55.2. The normalized spacial score (nSPS) is 19.8. The Bertz CT molecular complexity index is 3370. The molecule has 26 heteroatoms. The number of hydrogen-bond acceptors (Lipinski definition) is 13. The Morgan fingerprint density at radius 2 is 0.874 bits per heavy atom. The molecule has 2 aliphatic heterocycles. The standard InChI is InChI=1S/C36H49N5O7.C33H40F3N5O6/c1-35(2,3)30(40-34(46)48-36(4,5)6)32(44)41-21-25(38-29(42)20-37-33(45)47-22-23-13-8-7-9-14-23)19-28(41)31(43)39-27-18-12-16-24-15-10-11-17-26(24)27;1-32(2,3)27(40-30(45)33(34,35)36)29(44)41-18-22(38-26(42)17-37-31(46)47-19-20-10-5-4-6-11-20)16-25(41)28(43)39-24-15-9-13-21-12-7-8-14-23(21)24/h7-11,13-15,17,25,27-28,30H,12,16,18-22H2,1-6H3,(H,37,45)(H,38,42)(H,39,43)(H,40,46);4-8,10-12,14,22,24-25,27H,9,13,15-19H2,1-3H3,(H,37,46)(H,38,42)(H,39,43)(H,40,45)/t25-,27+,28-,30+;22-,24+,25-,27+/m00/s1. The zero-order valence-electron chi connectivity index (χ0n) is 55.2. The first-order valence-corrected chi connectivity index (χ1v) is 32.0. The van der Waals surface area contributed by atoms with Crippen molar-refractivity contribution in [1.29, 1.82) is 0 Å². The van der Waals surface area contributed by atoms with Gasteiger partial charge in [0.2, 0.25) is 35.4 Å². The average Bonchev–Trinajstić information content (AvgIpc) is 1.84. The highest BCUT2D eigenvalue weighted by molar-refractivity contribution is 5.95. The first kappa shape index (κ1) is 73.2. The van der Waals surface area contributed by atoms with Crippen LogP contribution in [0.25, 0.3) is 0 Å². The molecule has 23 nitrogen and oxygen atoms in total. The molecule has 95 heavy (non-hydrogen) atoms. The fourth-order valence-electron chi connectivity index (χ4n) is 11.9. The quantitative estimate of drug-likeness (QED) is 0.0451. The second-order valence-corrected chi connectivity index (χ2v) is 27.4. The Balaban J connectivity index is 0.000000269. The monoisotopic (exact) mass is 1320 g/mol. The maximum Gasteiger partial charge on any atom is 0.471 e. The first-order valence-electron chi connectivity index (χ1n) is 32.0. The van der Waals surface area contributed by atoms with Gasteiger partial charge in [0.05, 0.1) is 12.1 Å². The molecule has 2 fully saturated rings. The predicted molar refractivity (Wildman–Crippen MR) is 344 cm³/mol. The molecular weight excluding hydrogens is 1230 g/mol. The highest BCUT2D eigenvalue weighted by Gasteiger charge is 2.50. The summed E-state index contributed by atoms with van der Waals surface area (Å²) in [5, 5.41) is 21.0. The van der Waals surface area contributed by atoms with Crippen LogP contribution in [0.15, 0.2) is 109 Å². The van der Waals surface area contributed by atoms with E-state index >= 15 is 0 Å². The van der Waals surface area contributed by atoms with Gasteiger partial charge in [-0.3, -0.25) is 33.6 Å². The van der Waals surface area contributed by atoms with E-state index in [2.05, 4.69) is 43.3 Å². The molecule has 4 aromatic rings. The van der Waals surface area contributed by atoms with Gasteiger partial charge in [-0.15, -0.1) is 0 Å². The molecule has 8 atom stereocenters. The summed E-state index contributed by atoms with van der Waals surface area (Å²) in [5.74, 6) is -5.62. The van der Waals surface area contributed by atoms with Crippen LogP contribution in [-0.4, -0.2) is 144 Å². The van der Waals surface area contributed by atoms with Crippen molar-refractivity contribution < 1.29 is 75.3 Å². The molecule has 0 spiro atoms. The summed E-state index contributed by atoms with van der Waals surface area (Å²) in [7, 11) is 0. The lowest BCUT2D eigenvalue weighted by molar-refractivity contribution is -0.176. The molecule has 8 rings (SSSR count). The lowest BCUT2D eigenvalue weighted by Crippen LogP contribution is -2.59. The van der Waals surface area contributed by atoms with Crippen LogP contribution in [-0.2, 0) is 73.8 Å². The topological polar surface area (TPSA) is 301 Å². The van der Waals surface area contributed by atoms with Crippen molar-refractivity contribution >= 4 is 59.6 Å². The Labute approximate surface area is 551 Å². The van der Waals surface area contributed by atoms with Crippen LogP contribution >= 0.6 is 0 Å². The third kappa shape index (κ3) is 21.7. The van der Waals surface area contributed by atoms with E-state index in [0.29, 0.717) is 6.42 Å². The fraction of sp³-hybridized carbons (Fsp3) is 0.507. The van der Waals surface area contributed by atoms with Crippen molar-refractivity contribution in [3.8, 4) is 0 Å². The van der Waals surface area contributed by atoms with Crippen LogP contribution in [0.5, 0.6) is 0 Å². The lowest BCUT2D eigenvalue weighted by Gasteiger charge is -2.36. The number of hydrogen-bond donors (Lipinski definition) is 8. The smallest absolute Gasteiger partial charge is 0.445 e. The van der Waals surface area contributed by atoms with E-state index in [1.165, 1.54) is 31.2 Å². The van der Waals surface area contributed by atoms with Crippen molar-refractivity contribution in [3.63, 3.8) is 0 Å². The zero-order chi connectivity index (χ0) is 69.4. The molecule has 4 aromatic carbocycles. The highest BCUT2D eigenvalue weighted by atomic mass is 19.4. The van der Waals surface area contributed by atoms with E-state index < -0.39 is 119 Å². The summed E-state index contributed by atoms with van der Waals surface area (Å²) >= 11 is 0. The summed E-state index contributed by atoms with van der Waals surface area (Å²) in [6.45, 7) is 14.2. The van der Waals surface area contributed by atoms with E-state index in [0.717, 1.165) is 64.8 Å². The van der Waals surface area contributed by atoms with Crippen LogP contribution in [0.3, 0.4) is 0 Å². The molecule has 0 saturated carbocycles. The van der Waals surface area contributed by atoms with Crippen molar-refractivity contribution in [2.45, 2.75) is 187 Å². The number of amides is 10. The number of aryl methyl sites for hydroxylation is 2. The number of ether oxygens (including phenoxy) is 3. The SMILES string of the molecule is CC(C)(C)OC(=O)N[C@H](C(=O)N1C[C@@H](NC(=O)CNC(=O)OCc2ccccc2)C[C@H]1C(=O)N[C@@H]1CCCc2ccccc21)C(C)(C)C.CC(C)(C)[C@H](NC(=O)C(F)(F)F)C(=O)N1C[C@@H](NC(=O)CNC(=O)OCc2ccccc2)C[C@H]1C(=O)N[C@@H]1CCCc2ccccc21. The molecule has 0 unspecified atom stereocenters. The molecule has 2 saturated heterocycles. The van der Waals surface area contributed by atoms with Crippen LogP contribution in [0.2, 0.25) is 0 Å². The Morgan fingerprint density at radius 1 is 0.495 bits per heavy atom. The Kier molecular flexibility index (Phi) is 24.9. The van der Waals surface area contributed by atoms with E-state index in [4.69, 9.17) is 14.2 Å². The number of nitrogens with one attached hydrogen (secondary N) is 8. The van der Waals surface area contributed by atoms with E-state index in [9.17, 15) is 61.1 Å². The summed E-state index contributed by atoms with van der Waals surface area (Å²) < 4.78 is 55.4. The third-order valence-corrected chi connectivity index (χ3v) is 16.5. The van der Waals surface area contributed by atoms with Gasteiger partial charge in [0.15, 0.2) is 0 Å². The van der Waals surface area contributed by atoms with Crippen LogP contribution in [0.1, 0.15) is 146 Å². The van der Waals surface area contributed by atoms with E-state index in [1.807, 2.05) is 99.6 Å². The second-order valence-electron chi connectivity index (χ2n) is 27.4. The number of alkyl halides is 3. The van der Waals surface area contributed by atoms with Gasteiger partial charge >= 0.3 is 30.4 Å². The van der Waals surface area contributed by atoms with Crippen molar-refractivity contribution in [2.24, 2.45) is 10.8 Å². The molecule has 4 aliphatic rings. The number of carbonyl (C=O) groups excluding carboxylic acids is 10. The third-order valence-electron chi connectivity index (χ3n) is 16.5. The molecule has 514 valence electrons. The highest BCUT2D eigenvalue weighted by Crippen LogP contribution is 2.34. The number of fused-ring (bicyclic) bond motifs is 2. The molecular formula is C69H89F3N10O13. The minimum absolute atomic E-state index is 0.00390. The van der Waals surface area contributed by atoms with E-state index in [-0.39, 0.29) is 63.7 Å². The van der Waals surface area contributed by atoms with Gasteiger partial charge in [-0.05, 0) is 116 Å². The Hall–Kier alpha value is -9.23. The maximum atomic E-state index is 14.2. The minimum Gasteiger partial charge on any atom is -0.445 e. The minimum atomic E-state index is -5.23. The number of rotatable bonds is 18. The van der Waals surface area contributed by atoms with Gasteiger partial charge in [0.1, 0.15) is 56.1 Å². The average molecular weight is 1320 g/mol. The predicted octanol–water partition coefficient (Wildman–Crippen LogP) is 7.42. The van der Waals surface area contributed by atoms with Gasteiger partial charge in [0.25, 0.3) is 0 Å². The largest absolute Gasteiger partial charge is 0.471 e. The number of alkyl carbamates (subject to hydrolysis) is 3. The molecule has 0 bridgehead atoms. The van der Waals surface area contributed by atoms with Gasteiger partial charge in [-0.25, -0.2) is 14.4 Å². The molecule has 10 amide bonds. The molecule has 2 heterocycles. The van der Waals surface area contributed by atoms with Gasteiger partial charge in [-0.1, -0.05) is 151 Å². The van der Waals surface area contributed by atoms with Crippen LogP contribution < -0.4 is 42.5 Å². The first-order chi connectivity index (χ1) is 44.7. The second kappa shape index (κ2) is 32.3. The van der Waals surface area contributed by atoms with Gasteiger partial charge in [-0.2, -0.15) is 13.2 Å². The summed E-state index contributed by atoms with van der Waals surface area (Å²) in [5.41, 5.74) is 3.17. The van der Waals surface area contributed by atoms with E-state index in [1.54, 1.807) is 50.4 Å². The number of likely N-dealkylation sites (tertiary alicyclic amines) is 2. The summed E-state index contributed by atoms with van der Waals surface area (Å²) in [4.78, 5) is 133. The van der Waals surface area contributed by atoms with Crippen molar-refractivity contribution in [1.82, 2.24) is 52.3 Å². The summed E-state index contributed by atoms with van der Waals surface area (Å²) in [6, 6.07) is 27.1. The molecule has 2 aliphatic carbocycles. The van der Waals surface area contributed by atoms with Gasteiger partial charge < -0.3 is 66.5 Å². The Morgan fingerprint density at radius 3 is 1.25 bits per heavy atom. The number of carbonyl (C=O) groups is 10.